The Labute approximate surface area is 100 Å². The first-order valence-electron chi connectivity index (χ1n) is 5.60. The Morgan fingerprint density at radius 2 is 2.06 bits per heavy atom. The van der Waals surface area contributed by atoms with Crippen LogP contribution >= 0.6 is 0 Å². The van der Waals surface area contributed by atoms with Crippen LogP contribution < -0.4 is 11.1 Å². The zero-order chi connectivity index (χ0) is 12.8. The minimum Gasteiger partial charge on any atom is -0.325 e. The molecule has 0 aliphatic carbocycles. The van der Waals surface area contributed by atoms with Gasteiger partial charge in [0.05, 0.1) is 11.5 Å². The molecule has 0 bridgehead atoms. The minimum absolute atomic E-state index is 0.0436. The molecule has 0 saturated carbocycles. The van der Waals surface area contributed by atoms with Crippen molar-refractivity contribution in [2.24, 2.45) is 5.73 Å². The van der Waals surface area contributed by atoms with E-state index in [0.717, 1.165) is 11.3 Å². The van der Waals surface area contributed by atoms with Crippen molar-refractivity contribution < 1.29 is 9.59 Å². The van der Waals surface area contributed by atoms with Crippen molar-refractivity contribution in [1.29, 1.82) is 0 Å². The number of amides is 1. The maximum atomic E-state index is 11.8. The van der Waals surface area contributed by atoms with Crippen molar-refractivity contribution >= 4 is 17.4 Å². The van der Waals surface area contributed by atoms with Gasteiger partial charge in [0, 0.05) is 11.3 Å². The molecule has 0 radical (unpaired) electrons. The minimum atomic E-state index is -0.594. The molecular weight excluding hydrogens is 216 g/mol. The van der Waals surface area contributed by atoms with E-state index >= 15 is 0 Å². The number of benzene rings is 1. The quantitative estimate of drug-likeness (QED) is 0.758. The lowest BCUT2D eigenvalue weighted by Gasteiger charge is -2.16. The molecule has 0 aromatic heterocycles. The lowest BCUT2D eigenvalue weighted by atomic mass is 9.85. The molecule has 1 aromatic carbocycles. The maximum Gasteiger partial charge on any atom is 0.234 e. The van der Waals surface area contributed by atoms with Crippen molar-refractivity contribution in [2.75, 3.05) is 5.32 Å². The molecule has 3 N–H and O–H groups in total. The van der Waals surface area contributed by atoms with Gasteiger partial charge in [-0.1, -0.05) is 0 Å². The predicted octanol–water partition coefficient (Wildman–Crippen LogP) is 1.45. The Morgan fingerprint density at radius 1 is 1.41 bits per heavy atom. The predicted molar refractivity (Wildman–Crippen MR) is 66.1 cm³/mol. The van der Waals surface area contributed by atoms with Crippen molar-refractivity contribution in [3.8, 4) is 0 Å². The van der Waals surface area contributed by atoms with Gasteiger partial charge in [-0.25, -0.2) is 0 Å². The van der Waals surface area contributed by atoms with Crippen LogP contribution in [0.25, 0.3) is 0 Å². The second kappa shape index (κ2) is 3.67. The van der Waals surface area contributed by atoms with Gasteiger partial charge in [0.25, 0.3) is 0 Å². The van der Waals surface area contributed by atoms with Crippen LogP contribution in [0.3, 0.4) is 0 Å². The van der Waals surface area contributed by atoms with Gasteiger partial charge in [-0.05, 0) is 44.5 Å². The normalized spacial score (nSPS) is 18.5. The summed E-state index contributed by atoms with van der Waals surface area (Å²) in [5.74, 6) is -0.152. The van der Waals surface area contributed by atoms with Crippen LogP contribution in [-0.4, -0.2) is 17.7 Å². The SMILES string of the molecule is CC(N)C(=O)c1ccc2c(c1)C(C)(C)C(=O)N2. The third-order valence-electron chi connectivity index (χ3n) is 3.21. The molecule has 90 valence electrons. The van der Waals surface area contributed by atoms with Crippen LogP contribution in [0, 0.1) is 0 Å². The van der Waals surface area contributed by atoms with Gasteiger partial charge in [0.1, 0.15) is 0 Å². The highest BCUT2D eigenvalue weighted by Crippen LogP contribution is 2.37. The summed E-state index contributed by atoms with van der Waals surface area (Å²) in [4.78, 5) is 23.6. The molecule has 1 aromatic rings. The number of Topliss-reactive ketones (excluding diaryl/α,β-unsaturated/α-hetero) is 1. The molecule has 1 unspecified atom stereocenters. The molecule has 0 saturated heterocycles. The topological polar surface area (TPSA) is 72.2 Å². The number of carbonyl (C=O) groups excluding carboxylic acids is 2. The van der Waals surface area contributed by atoms with Crippen molar-refractivity contribution in [2.45, 2.75) is 32.2 Å². The highest BCUT2D eigenvalue weighted by molar-refractivity contribution is 6.07. The number of carbonyl (C=O) groups is 2. The van der Waals surface area contributed by atoms with E-state index in [0.29, 0.717) is 5.56 Å². The number of nitrogens with two attached hydrogens (primary N) is 1. The molecule has 1 amide bonds. The molecule has 1 aliphatic rings. The number of hydrogen-bond acceptors (Lipinski definition) is 3. The first kappa shape index (κ1) is 11.8. The number of fused-ring (bicyclic) bond motifs is 1. The summed E-state index contributed by atoms with van der Waals surface area (Å²) in [7, 11) is 0. The van der Waals surface area contributed by atoms with Crippen molar-refractivity contribution in [3.63, 3.8) is 0 Å². The first-order chi connectivity index (χ1) is 7.84. The van der Waals surface area contributed by atoms with Gasteiger partial charge in [0.2, 0.25) is 5.91 Å². The van der Waals surface area contributed by atoms with E-state index in [1.807, 2.05) is 13.8 Å². The standard InChI is InChI=1S/C13H16N2O2/c1-7(14)11(16)8-4-5-10-9(6-8)13(2,3)12(17)15-10/h4-7H,14H2,1-3H3,(H,15,17). The fourth-order valence-electron chi connectivity index (χ4n) is 1.99. The van der Waals surface area contributed by atoms with Crippen LogP contribution in [0.4, 0.5) is 5.69 Å². The van der Waals surface area contributed by atoms with Crippen LogP contribution in [-0.2, 0) is 10.2 Å². The molecule has 4 nitrogen and oxygen atoms in total. The molecule has 2 rings (SSSR count). The summed E-state index contributed by atoms with van der Waals surface area (Å²) in [6, 6.07) is 4.70. The van der Waals surface area contributed by atoms with Crippen molar-refractivity contribution in [1.82, 2.24) is 0 Å². The second-order valence-corrected chi connectivity index (χ2v) is 4.99. The molecule has 0 fully saturated rings. The molecule has 0 spiro atoms. The van der Waals surface area contributed by atoms with Crippen molar-refractivity contribution in [3.05, 3.63) is 29.3 Å². The summed E-state index contributed by atoms with van der Waals surface area (Å²) in [5.41, 5.74) is 7.18. The van der Waals surface area contributed by atoms with E-state index in [1.165, 1.54) is 0 Å². The average molecular weight is 232 g/mol. The monoisotopic (exact) mass is 232 g/mol. The molecular formula is C13H16N2O2. The van der Waals surface area contributed by atoms with Gasteiger partial charge >= 0.3 is 0 Å². The third kappa shape index (κ3) is 1.74. The molecule has 1 atom stereocenters. The first-order valence-corrected chi connectivity index (χ1v) is 5.60. The van der Waals surface area contributed by atoms with Crippen LogP contribution in [0.5, 0.6) is 0 Å². The van der Waals surface area contributed by atoms with Crippen LogP contribution in [0.1, 0.15) is 36.7 Å². The Bertz CT molecular complexity index is 504. The Hall–Kier alpha value is -1.68. The Kier molecular flexibility index (Phi) is 2.54. The largest absolute Gasteiger partial charge is 0.325 e. The zero-order valence-corrected chi connectivity index (χ0v) is 10.2. The fraction of sp³-hybridized carbons (Fsp3) is 0.385. The highest BCUT2D eigenvalue weighted by atomic mass is 16.2. The molecule has 17 heavy (non-hydrogen) atoms. The van der Waals surface area contributed by atoms with E-state index in [-0.39, 0.29) is 11.7 Å². The highest BCUT2D eigenvalue weighted by Gasteiger charge is 2.38. The lowest BCUT2D eigenvalue weighted by molar-refractivity contribution is -0.119. The van der Waals surface area contributed by atoms with Crippen LogP contribution in [0.15, 0.2) is 18.2 Å². The van der Waals surface area contributed by atoms with Gasteiger partial charge in [0.15, 0.2) is 5.78 Å². The summed E-state index contributed by atoms with van der Waals surface area (Å²) >= 11 is 0. The van der Waals surface area contributed by atoms with Crippen LogP contribution in [0.2, 0.25) is 0 Å². The zero-order valence-electron chi connectivity index (χ0n) is 10.2. The van der Waals surface area contributed by atoms with E-state index < -0.39 is 11.5 Å². The van der Waals surface area contributed by atoms with E-state index in [2.05, 4.69) is 5.32 Å². The molecule has 1 aliphatic heterocycles. The number of hydrogen-bond donors (Lipinski definition) is 2. The Morgan fingerprint density at radius 3 is 2.65 bits per heavy atom. The number of anilines is 1. The summed E-state index contributed by atoms with van der Waals surface area (Å²) in [6.45, 7) is 5.34. The van der Waals surface area contributed by atoms with Gasteiger partial charge in [-0.2, -0.15) is 0 Å². The van der Waals surface area contributed by atoms with E-state index in [1.54, 1.807) is 25.1 Å². The van der Waals surface area contributed by atoms with Gasteiger partial charge < -0.3 is 11.1 Å². The number of ketones is 1. The van der Waals surface area contributed by atoms with E-state index in [9.17, 15) is 9.59 Å². The smallest absolute Gasteiger partial charge is 0.234 e. The van der Waals surface area contributed by atoms with E-state index in [4.69, 9.17) is 5.73 Å². The van der Waals surface area contributed by atoms with Gasteiger partial charge in [-0.3, -0.25) is 9.59 Å². The molecule has 1 heterocycles. The Balaban J connectivity index is 2.49. The second-order valence-electron chi connectivity index (χ2n) is 4.99. The molecule has 4 heteroatoms. The van der Waals surface area contributed by atoms with Gasteiger partial charge in [-0.15, -0.1) is 0 Å². The summed E-state index contributed by atoms with van der Waals surface area (Å²) < 4.78 is 0. The lowest BCUT2D eigenvalue weighted by Crippen LogP contribution is -2.28. The third-order valence-corrected chi connectivity index (χ3v) is 3.21. The fourth-order valence-corrected chi connectivity index (χ4v) is 1.99. The maximum absolute atomic E-state index is 11.8. The summed E-state index contributed by atoms with van der Waals surface area (Å²) in [5, 5.41) is 2.80. The number of nitrogens with one attached hydrogen (secondary N) is 1. The number of rotatable bonds is 2. The average Bonchev–Trinajstić information content (AvgIpc) is 2.49. The summed E-state index contributed by atoms with van der Waals surface area (Å²) in [6.07, 6.45) is 0.